The van der Waals surface area contributed by atoms with E-state index in [1.165, 1.54) is 11.9 Å². The molecule has 1 aromatic carbocycles. The predicted octanol–water partition coefficient (Wildman–Crippen LogP) is 3.33. The van der Waals surface area contributed by atoms with Crippen LogP contribution in [0.1, 0.15) is 24.0 Å². The number of nitrogens with zero attached hydrogens (tertiary/aromatic N) is 2. The Morgan fingerprint density at radius 3 is 2.73 bits per heavy atom. The molecular weight excluding hydrogens is 512 g/mol. The third kappa shape index (κ3) is 10.2. The minimum atomic E-state index is -4.17. The number of ether oxygens (including phenoxy) is 2. The monoisotopic (exact) mass is 544 g/mol. The van der Waals surface area contributed by atoms with Gasteiger partial charge in [-0.1, -0.05) is 12.1 Å². The molecule has 2 N–H and O–H groups in total. The first-order valence-electron chi connectivity index (χ1n) is 9.80. The molecule has 2 rings (SSSR count). The standard InChI is InChI=1S/C20H31F3N4O2.HI/c1-15-5-6-16(18(11-15)29-17-7-10-28-13-17)12-26-19(24-2)25-8-4-9-27(3)14-20(21,22)23;/h5-6,11,17H,4,7-10,12-14H2,1-3H3,(H2,24,25,26);1H. The highest BCUT2D eigenvalue weighted by Gasteiger charge is 2.28. The van der Waals surface area contributed by atoms with Gasteiger partial charge in [0, 0.05) is 32.1 Å². The number of aryl methyl sites for hydroxylation is 1. The van der Waals surface area contributed by atoms with Crippen molar-refractivity contribution in [2.75, 3.05) is 46.9 Å². The summed E-state index contributed by atoms with van der Waals surface area (Å²) < 4.78 is 48.5. The molecule has 0 spiro atoms. The third-order valence-corrected chi connectivity index (χ3v) is 4.53. The highest BCUT2D eigenvalue weighted by Crippen LogP contribution is 2.23. The maximum atomic E-state index is 12.3. The lowest BCUT2D eigenvalue weighted by Crippen LogP contribution is -2.39. The van der Waals surface area contributed by atoms with Crippen molar-refractivity contribution in [3.05, 3.63) is 29.3 Å². The van der Waals surface area contributed by atoms with Crippen molar-refractivity contribution in [1.29, 1.82) is 0 Å². The van der Waals surface area contributed by atoms with E-state index in [0.29, 0.717) is 38.6 Å². The number of benzene rings is 1. The van der Waals surface area contributed by atoms with Crippen molar-refractivity contribution in [2.24, 2.45) is 4.99 Å². The Morgan fingerprint density at radius 1 is 1.33 bits per heavy atom. The smallest absolute Gasteiger partial charge is 0.401 e. The highest BCUT2D eigenvalue weighted by molar-refractivity contribution is 14.0. The first-order valence-corrected chi connectivity index (χ1v) is 9.80. The molecule has 0 bridgehead atoms. The Labute approximate surface area is 193 Å². The lowest BCUT2D eigenvalue weighted by Gasteiger charge is -2.19. The van der Waals surface area contributed by atoms with Crippen molar-refractivity contribution >= 4 is 29.9 Å². The summed E-state index contributed by atoms with van der Waals surface area (Å²) in [6.07, 6.45) is -2.64. The van der Waals surface area contributed by atoms with Gasteiger partial charge in [0.2, 0.25) is 0 Å². The van der Waals surface area contributed by atoms with Crippen LogP contribution in [0.2, 0.25) is 0 Å². The molecule has 0 radical (unpaired) electrons. The summed E-state index contributed by atoms with van der Waals surface area (Å²) in [7, 11) is 3.13. The number of rotatable bonds is 9. The van der Waals surface area contributed by atoms with Crippen LogP contribution in [0.15, 0.2) is 23.2 Å². The molecule has 1 fully saturated rings. The molecule has 6 nitrogen and oxygen atoms in total. The Morgan fingerprint density at radius 2 is 2.10 bits per heavy atom. The molecular formula is C20H32F3IN4O2. The maximum absolute atomic E-state index is 12.3. The largest absolute Gasteiger partial charge is 0.488 e. The Kier molecular flexibility index (Phi) is 11.8. The number of hydrogen-bond acceptors (Lipinski definition) is 4. The molecule has 1 aliphatic rings. The zero-order chi connectivity index (χ0) is 21.3. The quantitative estimate of drug-likeness (QED) is 0.216. The van der Waals surface area contributed by atoms with Crippen molar-refractivity contribution in [3.8, 4) is 5.75 Å². The number of hydrogen-bond donors (Lipinski definition) is 2. The molecule has 1 aromatic rings. The summed E-state index contributed by atoms with van der Waals surface area (Å²) in [6.45, 7) is 3.84. The number of guanidine groups is 1. The topological polar surface area (TPSA) is 58.1 Å². The van der Waals surface area contributed by atoms with Crippen LogP contribution in [0, 0.1) is 6.92 Å². The van der Waals surface area contributed by atoms with E-state index >= 15 is 0 Å². The van der Waals surface area contributed by atoms with E-state index in [-0.39, 0.29) is 30.1 Å². The van der Waals surface area contributed by atoms with Crippen molar-refractivity contribution < 1.29 is 22.6 Å². The van der Waals surface area contributed by atoms with Gasteiger partial charge in [0.05, 0.1) is 19.8 Å². The van der Waals surface area contributed by atoms with Gasteiger partial charge in [-0.25, -0.2) is 0 Å². The van der Waals surface area contributed by atoms with Crippen LogP contribution in [-0.4, -0.2) is 70.1 Å². The summed E-state index contributed by atoms with van der Waals surface area (Å²) in [6, 6.07) is 6.07. The average Bonchev–Trinajstić information content (AvgIpc) is 3.14. The molecule has 0 aliphatic carbocycles. The van der Waals surface area contributed by atoms with E-state index in [4.69, 9.17) is 9.47 Å². The van der Waals surface area contributed by atoms with E-state index in [1.807, 2.05) is 25.1 Å². The molecule has 1 aliphatic heterocycles. The molecule has 1 saturated heterocycles. The van der Waals surface area contributed by atoms with Gasteiger partial charge in [0.25, 0.3) is 0 Å². The number of alkyl halides is 3. The number of halogens is 4. The van der Waals surface area contributed by atoms with E-state index < -0.39 is 12.7 Å². The van der Waals surface area contributed by atoms with E-state index in [9.17, 15) is 13.2 Å². The number of aliphatic imine (C=N–C) groups is 1. The molecule has 10 heteroatoms. The molecule has 172 valence electrons. The summed E-state index contributed by atoms with van der Waals surface area (Å²) in [5.41, 5.74) is 2.13. The molecule has 1 unspecified atom stereocenters. The first-order chi connectivity index (χ1) is 13.8. The van der Waals surface area contributed by atoms with Crippen LogP contribution in [0.3, 0.4) is 0 Å². The lowest BCUT2D eigenvalue weighted by molar-refractivity contribution is -0.143. The highest BCUT2D eigenvalue weighted by atomic mass is 127. The van der Waals surface area contributed by atoms with Gasteiger partial charge >= 0.3 is 6.18 Å². The first kappa shape index (κ1) is 26.8. The fourth-order valence-corrected chi connectivity index (χ4v) is 3.04. The van der Waals surface area contributed by atoms with Crippen LogP contribution < -0.4 is 15.4 Å². The molecule has 1 heterocycles. The van der Waals surface area contributed by atoms with Crippen LogP contribution >= 0.6 is 24.0 Å². The second-order valence-corrected chi connectivity index (χ2v) is 7.27. The summed E-state index contributed by atoms with van der Waals surface area (Å²) in [4.78, 5) is 5.43. The van der Waals surface area contributed by atoms with Gasteiger partial charge in [-0.2, -0.15) is 13.2 Å². The van der Waals surface area contributed by atoms with Crippen LogP contribution in [0.4, 0.5) is 13.2 Å². The third-order valence-electron chi connectivity index (χ3n) is 4.53. The average molecular weight is 544 g/mol. The molecule has 0 amide bonds. The minimum Gasteiger partial charge on any atom is -0.488 e. The SMILES string of the molecule is CN=C(NCCCN(C)CC(F)(F)F)NCc1ccc(C)cc1OC1CCOC1.I. The van der Waals surface area contributed by atoms with E-state index in [0.717, 1.165) is 29.9 Å². The van der Waals surface area contributed by atoms with Crippen molar-refractivity contribution in [3.63, 3.8) is 0 Å². The summed E-state index contributed by atoms with van der Waals surface area (Å²) >= 11 is 0. The van der Waals surface area contributed by atoms with Gasteiger partial charge < -0.3 is 20.1 Å². The van der Waals surface area contributed by atoms with Crippen LogP contribution in [-0.2, 0) is 11.3 Å². The predicted molar refractivity (Wildman–Crippen MR) is 123 cm³/mol. The molecule has 0 aromatic heterocycles. The Hall–Kier alpha value is -1.27. The molecule has 0 saturated carbocycles. The van der Waals surface area contributed by atoms with Gasteiger partial charge in [-0.05, 0) is 38.6 Å². The summed E-state index contributed by atoms with van der Waals surface area (Å²) in [5.74, 6) is 1.43. The second-order valence-electron chi connectivity index (χ2n) is 7.27. The van der Waals surface area contributed by atoms with E-state index in [2.05, 4.69) is 15.6 Å². The van der Waals surface area contributed by atoms with Crippen LogP contribution in [0.25, 0.3) is 0 Å². The zero-order valence-corrected chi connectivity index (χ0v) is 20.0. The maximum Gasteiger partial charge on any atom is 0.401 e. The number of nitrogens with one attached hydrogen (secondary N) is 2. The Bertz CT molecular complexity index is 668. The molecule has 30 heavy (non-hydrogen) atoms. The van der Waals surface area contributed by atoms with Gasteiger partial charge in [0.15, 0.2) is 5.96 Å². The van der Waals surface area contributed by atoms with Crippen molar-refractivity contribution in [1.82, 2.24) is 15.5 Å². The van der Waals surface area contributed by atoms with Gasteiger partial charge in [0.1, 0.15) is 11.9 Å². The minimum absolute atomic E-state index is 0. The van der Waals surface area contributed by atoms with Gasteiger partial charge in [-0.15, -0.1) is 24.0 Å². The van der Waals surface area contributed by atoms with Gasteiger partial charge in [-0.3, -0.25) is 9.89 Å². The molecule has 1 atom stereocenters. The summed E-state index contributed by atoms with van der Waals surface area (Å²) in [5, 5.41) is 6.36. The zero-order valence-electron chi connectivity index (χ0n) is 17.7. The normalized spacial score (nSPS) is 17.0. The fourth-order valence-electron chi connectivity index (χ4n) is 3.04. The Balaban J connectivity index is 0.00000450. The van der Waals surface area contributed by atoms with Crippen molar-refractivity contribution in [2.45, 2.75) is 38.6 Å². The second kappa shape index (κ2) is 13.2. The lowest BCUT2D eigenvalue weighted by atomic mass is 10.1. The fraction of sp³-hybridized carbons (Fsp3) is 0.650. The van der Waals surface area contributed by atoms with E-state index in [1.54, 1.807) is 7.05 Å². The van der Waals surface area contributed by atoms with Crippen LogP contribution in [0.5, 0.6) is 5.75 Å².